The molecule has 4 heterocycles. The van der Waals surface area contributed by atoms with Crippen LogP contribution in [0.2, 0.25) is 0 Å². The smallest absolute Gasteiger partial charge is 0.291 e. The summed E-state index contributed by atoms with van der Waals surface area (Å²) in [6.45, 7) is 6.87. The van der Waals surface area contributed by atoms with Crippen molar-refractivity contribution in [3.63, 3.8) is 0 Å². The van der Waals surface area contributed by atoms with Gasteiger partial charge in [0.05, 0.1) is 22.2 Å². The van der Waals surface area contributed by atoms with E-state index in [-0.39, 0.29) is 23.6 Å². The predicted molar refractivity (Wildman–Crippen MR) is 125 cm³/mol. The fourth-order valence-corrected chi connectivity index (χ4v) is 5.70. The molecule has 0 saturated carbocycles. The van der Waals surface area contributed by atoms with Crippen LogP contribution in [0.3, 0.4) is 0 Å². The second kappa shape index (κ2) is 9.80. The van der Waals surface area contributed by atoms with Crippen LogP contribution in [-0.4, -0.2) is 36.3 Å². The standard InChI is InChI=1S/C23H27N3O3S2/c1-15-7-9-26(10-8-15)17(19-6-4-12-30-19)14-24-23(28)21-16(2)13-20(31-21)25-22(27)18-5-3-11-29-18/h3-6,11-13,15,17H,7-10,14H2,1-2H3,(H,24,28)(H,25,27). The van der Waals surface area contributed by atoms with E-state index in [0.717, 1.165) is 24.6 Å². The number of likely N-dealkylation sites (tertiary alicyclic amines) is 1. The van der Waals surface area contributed by atoms with E-state index in [9.17, 15) is 9.59 Å². The predicted octanol–water partition coefficient (Wildman–Crippen LogP) is 5.17. The van der Waals surface area contributed by atoms with Crippen LogP contribution in [0.15, 0.2) is 46.4 Å². The highest BCUT2D eigenvalue weighted by molar-refractivity contribution is 7.18. The van der Waals surface area contributed by atoms with Crippen LogP contribution in [0.25, 0.3) is 0 Å². The van der Waals surface area contributed by atoms with Crippen molar-refractivity contribution in [2.45, 2.75) is 32.7 Å². The van der Waals surface area contributed by atoms with E-state index in [0.29, 0.717) is 16.4 Å². The number of nitrogens with one attached hydrogen (secondary N) is 2. The quantitative estimate of drug-likeness (QED) is 0.513. The average Bonchev–Trinajstić information content (AvgIpc) is 3.51. The molecule has 2 N–H and O–H groups in total. The van der Waals surface area contributed by atoms with Crippen LogP contribution < -0.4 is 10.6 Å². The Bertz CT molecular complexity index is 1000. The highest BCUT2D eigenvalue weighted by atomic mass is 32.1. The Labute approximate surface area is 190 Å². The summed E-state index contributed by atoms with van der Waals surface area (Å²) in [7, 11) is 0. The Morgan fingerprint density at radius 3 is 2.71 bits per heavy atom. The van der Waals surface area contributed by atoms with E-state index in [1.54, 1.807) is 23.5 Å². The number of hydrogen-bond donors (Lipinski definition) is 2. The van der Waals surface area contributed by atoms with Gasteiger partial charge in [-0.3, -0.25) is 14.5 Å². The zero-order valence-corrected chi connectivity index (χ0v) is 19.4. The first-order chi connectivity index (χ1) is 15.0. The van der Waals surface area contributed by atoms with Gasteiger partial charge in [0, 0.05) is 11.4 Å². The summed E-state index contributed by atoms with van der Waals surface area (Å²) >= 11 is 3.02. The van der Waals surface area contributed by atoms with Gasteiger partial charge >= 0.3 is 0 Å². The van der Waals surface area contributed by atoms with Gasteiger partial charge in [-0.15, -0.1) is 22.7 Å². The molecular formula is C23H27N3O3S2. The number of thiophene rings is 2. The minimum Gasteiger partial charge on any atom is -0.459 e. The molecule has 1 unspecified atom stereocenters. The van der Waals surface area contributed by atoms with Crippen molar-refractivity contribution in [3.8, 4) is 0 Å². The molecular weight excluding hydrogens is 430 g/mol. The first-order valence-corrected chi connectivity index (χ1v) is 12.2. The van der Waals surface area contributed by atoms with Crippen molar-refractivity contribution < 1.29 is 14.0 Å². The van der Waals surface area contributed by atoms with Crippen LogP contribution in [0, 0.1) is 12.8 Å². The largest absolute Gasteiger partial charge is 0.459 e. The molecule has 3 aromatic rings. The molecule has 31 heavy (non-hydrogen) atoms. The van der Waals surface area contributed by atoms with Crippen molar-refractivity contribution in [3.05, 3.63) is 63.1 Å². The summed E-state index contributed by atoms with van der Waals surface area (Å²) in [5.74, 6) is 0.577. The minimum absolute atomic E-state index is 0.104. The SMILES string of the molecule is Cc1cc(NC(=O)c2ccco2)sc1C(=O)NCC(c1cccs1)N1CCC(C)CC1. The lowest BCUT2D eigenvalue weighted by atomic mass is 9.97. The molecule has 1 atom stereocenters. The number of rotatable bonds is 7. The molecule has 1 saturated heterocycles. The van der Waals surface area contributed by atoms with E-state index < -0.39 is 0 Å². The molecule has 164 valence electrons. The maximum absolute atomic E-state index is 13.0. The second-order valence-corrected chi connectivity index (χ2v) is 10.0. The molecule has 1 fully saturated rings. The fraction of sp³-hybridized carbons (Fsp3) is 0.391. The van der Waals surface area contributed by atoms with E-state index >= 15 is 0 Å². The van der Waals surface area contributed by atoms with Gasteiger partial charge in [-0.25, -0.2) is 0 Å². The third kappa shape index (κ3) is 5.26. The van der Waals surface area contributed by atoms with Crippen molar-refractivity contribution in [2.24, 2.45) is 5.92 Å². The molecule has 4 rings (SSSR count). The van der Waals surface area contributed by atoms with Crippen molar-refractivity contribution in [2.75, 3.05) is 25.0 Å². The normalized spacial score (nSPS) is 16.2. The maximum Gasteiger partial charge on any atom is 0.291 e. The Morgan fingerprint density at radius 1 is 1.23 bits per heavy atom. The van der Waals surface area contributed by atoms with Crippen molar-refractivity contribution in [1.82, 2.24) is 10.2 Å². The van der Waals surface area contributed by atoms with Crippen molar-refractivity contribution >= 4 is 39.5 Å². The van der Waals surface area contributed by atoms with E-state index in [2.05, 4.69) is 40.0 Å². The maximum atomic E-state index is 13.0. The molecule has 1 aliphatic rings. The number of nitrogens with zero attached hydrogens (tertiary/aromatic N) is 1. The molecule has 0 spiro atoms. The molecule has 1 aliphatic heterocycles. The van der Waals surface area contributed by atoms with E-state index in [1.165, 1.54) is 35.3 Å². The molecule has 0 bridgehead atoms. The lowest BCUT2D eigenvalue weighted by molar-refractivity contribution is 0.0917. The Kier molecular flexibility index (Phi) is 6.89. The van der Waals surface area contributed by atoms with Crippen LogP contribution in [0.4, 0.5) is 5.00 Å². The fourth-order valence-electron chi connectivity index (χ4n) is 3.85. The van der Waals surface area contributed by atoms with Crippen molar-refractivity contribution in [1.29, 1.82) is 0 Å². The number of anilines is 1. The number of hydrogen-bond acceptors (Lipinski definition) is 6. The summed E-state index contributed by atoms with van der Waals surface area (Å²) < 4.78 is 5.13. The Hall–Kier alpha value is -2.42. The molecule has 0 aliphatic carbocycles. The second-order valence-electron chi connectivity index (χ2n) is 8.01. The summed E-state index contributed by atoms with van der Waals surface area (Å²) in [6.07, 6.45) is 3.84. The van der Waals surface area contributed by atoms with Gasteiger partial charge < -0.3 is 15.1 Å². The average molecular weight is 458 g/mol. The van der Waals surface area contributed by atoms with Crippen LogP contribution in [0.5, 0.6) is 0 Å². The first kappa shape index (κ1) is 21.8. The third-order valence-electron chi connectivity index (χ3n) is 5.69. The van der Waals surface area contributed by atoms with Gasteiger partial charge in [0.25, 0.3) is 11.8 Å². The van der Waals surface area contributed by atoms with Gasteiger partial charge in [-0.05, 0) is 74.0 Å². The summed E-state index contributed by atoms with van der Waals surface area (Å²) in [5, 5.41) is 8.66. The van der Waals surface area contributed by atoms with E-state index in [1.807, 2.05) is 13.0 Å². The number of furan rings is 1. The number of aryl methyl sites for hydroxylation is 1. The highest BCUT2D eigenvalue weighted by Gasteiger charge is 2.26. The molecule has 0 radical (unpaired) electrons. The number of amides is 2. The topological polar surface area (TPSA) is 74.6 Å². The molecule has 6 nitrogen and oxygen atoms in total. The molecule has 0 aromatic carbocycles. The summed E-state index contributed by atoms with van der Waals surface area (Å²) in [6, 6.07) is 9.51. The van der Waals surface area contributed by atoms with E-state index in [4.69, 9.17) is 4.42 Å². The lowest BCUT2D eigenvalue weighted by Crippen LogP contribution is -2.41. The van der Waals surface area contributed by atoms with Gasteiger partial charge in [-0.1, -0.05) is 13.0 Å². The molecule has 2 amide bonds. The van der Waals surface area contributed by atoms with Gasteiger partial charge in [0.2, 0.25) is 0 Å². The van der Waals surface area contributed by atoms with Gasteiger partial charge in [-0.2, -0.15) is 0 Å². The third-order valence-corrected chi connectivity index (χ3v) is 7.82. The Morgan fingerprint density at radius 2 is 2.03 bits per heavy atom. The number of carbonyl (C=O) groups is 2. The molecule has 3 aromatic heterocycles. The summed E-state index contributed by atoms with van der Waals surface area (Å²) in [4.78, 5) is 29.5. The van der Waals surface area contributed by atoms with Crippen LogP contribution in [0.1, 0.15) is 56.5 Å². The molecule has 8 heteroatoms. The lowest BCUT2D eigenvalue weighted by Gasteiger charge is -2.36. The first-order valence-electron chi connectivity index (χ1n) is 10.5. The summed E-state index contributed by atoms with van der Waals surface area (Å²) in [5.41, 5.74) is 0.844. The number of piperidine rings is 1. The monoisotopic (exact) mass is 457 g/mol. The van der Waals surface area contributed by atoms with Gasteiger partial charge in [0.15, 0.2) is 5.76 Å². The minimum atomic E-state index is -0.324. The zero-order valence-electron chi connectivity index (χ0n) is 17.7. The zero-order chi connectivity index (χ0) is 21.8. The van der Waals surface area contributed by atoms with Crippen LogP contribution >= 0.6 is 22.7 Å². The van der Waals surface area contributed by atoms with Gasteiger partial charge in [0.1, 0.15) is 0 Å². The number of carbonyl (C=O) groups excluding carboxylic acids is 2. The highest BCUT2D eigenvalue weighted by Crippen LogP contribution is 2.30. The Balaban J connectivity index is 1.41. The van der Waals surface area contributed by atoms with Crippen LogP contribution in [-0.2, 0) is 0 Å².